The van der Waals surface area contributed by atoms with Gasteiger partial charge in [-0.05, 0) is 43.9 Å². The second-order valence-corrected chi connectivity index (χ2v) is 5.63. The fourth-order valence-corrected chi connectivity index (χ4v) is 2.77. The van der Waals surface area contributed by atoms with E-state index in [1.165, 1.54) is 0 Å². The number of aryl methyl sites for hydroxylation is 1. The van der Waals surface area contributed by atoms with Crippen LogP contribution in [0.5, 0.6) is 0 Å². The minimum absolute atomic E-state index is 0.111. The zero-order chi connectivity index (χ0) is 14.3. The van der Waals surface area contributed by atoms with Gasteiger partial charge in [0.1, 0.15) is 11.2 Å². The van der Waals surface area contributed by atoms with Crippen LogP contribution in [-0.4, -0.2) is 28.4 Å². The van der Waals surface area contributed by atoms with E-state index < -0.39 is 5.54 Å². The first-order chi connectivity index (χ1) is 9.55. The molecule has 1 aromatic carbocycles. The lowest BCUT2D eigenvalue weighted by molar-refractivity contribution is 0.0492. The molecule has 1 aliphatic carbocycles. The minimum atomic E-state index is -0.607. The molecule has 102 valence electrons. The van der Waals surface area contributed by atoms with Crippen molar-refractivity contribution in [1.29, 1.82) is 5.26 Å². The van der Waals surface area contributed by atoms with Gasteiger partial charge in [-0.3, -0.25) is 4.79 Å². The first kappa shape index (κ1) is 12.7. The number of aromatic amines is 1. The average molecular weight is 267 g/mol. The third-order valence-electron chi connectivity index (χ3n) is 4.34. The molecular weight excluding hydrogens is 250 g/mol. The summed E-state index contributed by atoms with van der Waals surface area (Å²) in [6.07, 6.45) is 2.55. The van der Waals surface area contributed by atoms with E-state index in [4.69, 9.17) is 0 Å². The lowest BCUT2D eigenvalue weighted by Gasteiger charge is -2.42. The number of aromatic nitrogens is 1. The summed E-state index contributed by atoms with van der Waals surface area (Å²) >= 11 is 0. The van der Waals surface area contributed by atoms with Gasteiger partial charge in [0.25, 0.3) is 5.91 Å². The van der Waals surface area contributed by atoms with Crippen molar-refractivity contribution in [2.45, 2.75) is 31.7 Å². The van der Waals surface area contributed by atoms with Crippen molar-refractivity contribution in [2.75, 3.05) is 7.05 Å². The molecular formula is C16H17N3O. The summed E-state index contributed by atoms with van der Waals surface area (Å²) in [5.74, 6) is -0.111. The maximum atomic E-state index is 12.5. The molecule has 0 spiro atoms. The summed E-state index contributed by atoms with van der Waals surface area (Å²) in [5, 5.41) is 10.3. The molecule has 1 aromatic heterocycles. The number of hydrogen-bond acceptors (Lipinski definition) is 2. The van der Waals surface area contributed by atoms with Crippen LogP contribution in [0.4, 0.5) is 0 Å². The highest BCUT2D eigenvalue weighted by atomic mass is 16.2. The number of nitrogens with one attached hydrogen (secondary N) is 1. The van der Waals surface area contributed by atoms with E-state index in [2.05, 4.69) is 11.1 Å². The maximum Gasteiger partial charge on any atom is 0.271 e. The van der Waals surface area contributed by atoms with Gasteiger partial charge in [0, 0.05) is 18.0 Å². The van der Waals surface area contributed by atoms with Gasteiger partial charge in [-0.25, -0.2) is 0 Å². The van der Waals surface area contributed by atoms with Crippen molar-refractivity contribution in [2.24, 2.45) is 0 Å². The fourth-order valence-electron chi connectivity index (χ4n) is 2.77. The first-order valence-electron chi connectivity index (χ1n) is 6.84. The zero-order valence-corrected chi connectivity index (χ0v) is 11.7. The van der Waals surface area contributed by atoms with Crippen molar-refractivity contribution in [1.82, 2.24) is 9.88 Å². The third-order valence-corrected chi connectivity index (χ3v) is 4.34. The molecule has 3 rings (SSSR count). The highest BCUT2D eigenvalue weighted by molar-refractivity contribution is 5.98. The van der Waals surface area contributed by atoms with Gasteiger partial charge in [-0.15, -0.1) is 0 Å². The molecule has 0 aliphatic heterocycles. The lowest BCUT2D eigenvalue weighted by Crippen LogP contribution is -2.53. The molecule has 1 fully saturated rings. The van der Waals surface area contributed by atoms with E-state index in [1.54, 1.807) is 11.9 Å². The molecule has 1 saturated carbocycles. The Morgan fingerprint density at radius 1 is 1.40 bits per heavy atom. The Morgan fingerprint density at radius 3 is 2.75 bits per heavy atom. The molecule has 20 heavy (non-hydrogen) atoms. The number of nitriles is 1. The Kier molecular flexibility index (Phi) is 2.79. The van der Waals surface area contributed by atoms with Gasteiger partial charge in [-0.1, -0.05) is 12.1 Å². The largest absolute Gasteiger partial charge is 0.351 e. The van der Waals surface area contributed by atoms with Gasteiger partial charge in [0.05, 0.1) is 6.07 Å². The van der Waals surface area contributed by atoms with Crippen LogP contribution >= 0.6 is 0 Å². The molecule has 0 bridgehead atoms. The molecule has 2 aromatic rings. The topological polar surface area (TPSA) is 59.9 Å². The van der Waals surface area contributed by atoms with Crippen molar-refractivity contribution < 1.29 is 4.79 Å². The van der Waals surface area contributed by atoms with E-state index in [-0.39, 0.29) is 5.91 Å². The van der Waals surface area contributed by atoms with Crippen LogP contribution in [0.1, 0.15) is 35.3 Å². The van der Waals surface area contributed by atoms with Crippen molar-refractivity contribution >= 4 is 16.8 Å². The minimum Gasteiger partial charge on any atom is -0.351 e. The number of carbonyl (C=O) groups excluding carboxylic acids is 1. The highest BCUT2D eigenvalue weighted by Crippen LogP contribution is 2.37. The standard InChI is InChI=1S/C16H17N3O/c1-11-4-5-12-9-14(18-13(12)8-11)15(20)19(2)16(10-17)6-3-7-16/h4-5,8-9,18H,3,6-7H2,1-2H3. The average Bonchev–Trinajstić information content (AvgIpc) is 2.79. The van der Waals surface area contributed by atoms with E-state index in [0.29, 0.717) is 5.69 Å². The monoisotopic (exact) mass is 267 g/mol. The van der Waals surface area contributed by atoms with Crippen LogP contribution in [0, 0.1) is 18.3 Å². The van der Waals surface area contributed by atoms with Gasteiger partial charge in [-0.2, -0.15) is 5.26 Å². The van der Waals surface area contributed by atoms with Crippen LogP contribution in [0.25, 0.3) is 10.9 Å². The van der Waals surface area contributed by atoms with Gasteiger partial charge in [0.15, 0.2) is 0 Å². The predicted octanol–water partition coefficient (Wildman–Crippen LogP) is 2.99. The van der Waals surface area contributed by atoms with E-state index >= 15 is 0 Å². The molecule has 1 heterocycles. The smallest absolute Gasteiger partial charge is 0.271 e. The number of carbonyl (C=O) groups is 1. The van der Waals surface area contributed by atoms with E-state index in [9.17, 15) is 10.1 Å². The molecule has 1 N–H and O–H groups in total. The van der Waals surface area contributed by atoms with Gasteiger partial charge >= 0.3 is 0 Å². The summed E-state index contributed by atoms with van der Waals surface area (Å²) < 4.78 is 0. The van der Waals surface area contributed by atoms with Crippen LogP contribution in [0.2, 0.25) is 0 Å². The SMILES string of the molecule is Cc1ccc2cc(C(=O)N(C)C3(C#N)CCC3)[nH]c2c1. The zero-order valence-electron chi connectivity index (χ0n) is 11.7. The first-order valence-corrected chi connectivity index (χ1v) is 6.84. The Balaban J connectivity index is 1.94. The lowest BCUT2D eigenvalue weighted by atomic mass is 9.76. The molecule has 0 radical (unpaired) electrons. The fraction of sp³-hybridized carbons (Fsp3) is 0.375. The van der Waals surface area contributed by atoms with E-state index in [1.807, 2.05) is 31.2 Å². The number of amides is 1. The maximum absolute atomic E-state index is 12.5. The number of hydrogen-bond donors (Lipinski definition) is 1. The molecule has 0 atom stereocenters. The normalized spacial score (nSPS) is 16.4. The van der Waals surface area contributed by atoms with Crippen LogP contribution in [0.15, 0.2) is 24.3 Å². The summed E-state index contributed by atoms with van der Waals surface area (Å²) in [5.41, 5.74) is 2.06. The quantitative estimate of drug-likeness (QED) is 0.909. The number of H-pyrrole nitrogens is 1. The van der Waals surface area contributed by atoms with Crippen LogP contribution in [-0.2, 0) is 0 Å². The van der Waals surface area contributed by atoms with Crippen LogP contribution < -0.4 is 0 Å². The number of rotatable bonds is 2. The summed E-state index contributed by atoms with van der Waals surface area (Å²) in [7, 11) is 1.72. The third kappa shape index (κ3) is 1.78. The predicted molar refractivity (Wildman–Crippen MR) is 77.3 cm³/mol. The summed E-state index contributed by atoms with van der Waals surface area (Å²) in [6.45, 7) is 2.02. The Morgan fingerprint density at radius 2 is 2.15 bits per heavy atom. The number of nitrogens with zero attached hydrogens (tertiary/aromatic N) is 2. The number of benzene rings is 1. The summed E-state index contributed by atoms with van der Waals surface area (Å²) in [4.78, 5) is 17.3. The molecule has 4 nitrogen and oxygen atoms in total. The Hall–Kier alpha value is -2.28. The highest BCUT2D eigenvalue weighted by Gasteiger charge is 2.43. The van der Waals surface area contributed by atoms with Gasteiger partial charge < -0.3 is 9.88 Å². The van der Waals surface area contributed by atoms with E-state index in [0.717, 1.165) is 35.7 Å². The Bertz CT molecular complexity index is 719. The van der Waals surface area contributed by atoms with Crippen LogP contribution in [0.3, 0.4) is 0 Å². The van der Waals surface area contributed by atoms with Gasteiger partial charge in [0.2, 0.25) is 0 Å². The van der Waals surface area contributed by atoms with Crippen molar-refractivity contribution in [3.8, 4) is 6.07 Å². The number of fused-ring (bicyclic) bond motifs is 1. The molecule has 4 heteroatoms. The van der Waals surface area contributed by atoms with Crippen molar-refractivity contribution in [3.63, 3.8) is 0 Å². The second-order valence-electron chi connectivity index (χ2n) is 5.63. The molecule has 1 aliphatic rings. The second kappa shape index (κ2) is 4.38. The summed E-state index contributed by atoms with van der Waals surface area (Å²) in [6, 6.07) is 10.2. The Labute approximate surface area is 118 Å². The molecule has 0 saturated heterocycles. The molecule has 1 amide bonds. The molecule has 0 unspecified atom stereocenters. The van der Waals surface area contributed by atoms with Crippen molar-refractivity contribution in [3.05, 3.63) is 35.5 Å².